The third-order valence-corrected chi connectivity index (χ3v) is 4.53. The molecule has 0 radical (unpaired) electrons. The number of H-pyrrole nitrogens is 1. The van der Waals surface area contributed by atoms with Gasteiger partial charge < -0.3 is 11.1 Å². The number of hydrogen-bond acceptors (Lipinski definition) is 3. The van der Waals surface area contributed by atoms with Crippen LogP contribution in [0.5, 0.6) is 0 Å². The highest BCUT2D eigenvalue weighted by Crippen LogP contribution is 2.32. The van der Waals surface area contributed by atoms with E-state index >= 15 is 0 Å². The molecule has 1 aromatic heterocycles. The molecular weight excluding hydrogens is 288 g/mol. The molecule has 3 aromatic rings. The van der Waals surface area contributed by atoms with Crippen LogP contribution in [0, 0.1) is 0 Å². The molecule has 5 nitrogen and oxygen atoms in total. The van der Waals surface area contributed by atoms with Crippen LogP contribution in [0.4, 0.5) is 0 Å². The molecule has 0 spiro atoms. The zero-order valence-electron chi connectivity index (χ0n) is 12.7. The number of nitrogens with zero attached hydrogens (tertiary/aromatic N) is 1. The highest BCUT2D eigenvalue weighted by atomic mass is 16.1. The normalized spacial score (nSPS) is 16.5. The van der Waals surface area contributed by atoms with Gasteiger partial charge in [-0.25, -0.2) is 0 Å². The summed E-state index contributed by atoms with van der Waals surface area (Å²) in [6.45, 7) is 0.551. The molecule has 0 fully saturated rings. The van der Waals surface area contributed by atoms with E-state index in [0.717, 1.165) is 29.3 Å². The van der Waals surface area contributed by atoms with Crippen molar-refractivity contribution in [3.05, 3.63) is 64.8 Å². The van der Waals surface area contributed by atoms with Crippen LogP contribution >= 0.6 is 0 Å². The lowest BCUT2D eigenvalue weighted by Crippen LogP contribution is -2.27. The van der Waals surface area contributed by atoms with Gasteiger partial charge in [0, 0.05) is 17.5 Å². The van der Waals surface area contributed by atoms with Crippen LogP contribution in [0.3, 0.4) is 0 Å². The fourth-order valence-corrected chi connectivity index (χ4v) is 3.27. The number of carbonyl (C=O) groups is 1. The number of aryl methyl sites for hydroxylation is 1. The molecule has 1 aliphatic rings. The van der Waals surface area contributed by atoms with Crippen LogP contribution in [0.2, 0.25) is 0 Å². The Bertz CT molecular complexity index is 884. The van der Waals surface area contributed by atoms with Crippen LogP contribution in [0.25, 0.3) is 10.9 Å². The number of benzene rings is 2. The Morgan fingerprint density at radius 1 is 1.30 bits per heavy atom. The number of nitrogens with two attached hydrogens (primary N) is 1. The van der Waals surface area contributed by atoms with E-state index < -0.39 is 0 Å². The summed E-state index contributed by atoms with van der Waals surface area (Å²) in [7, 11) is 0. The molecule has 1 unspecified atom stereocenters. The quantitative estimate of drug-likeness (QED) is 0.695. The van der Waals surface area contributed by atoms with Crippen LogP contribution in [-0.2, 0) is 13.0 Å². The number of aromatic amines is 1. The maximum absolute atomic E-state index is 12.5. The van der Waals surface area contributed by atoms with Gasteiger partial charge in [-0.3, -0.25) is 9.89 Å². The van der Waals surface area contributed by atoms with E-state index in [1.807, 2.05) is 24.3 Å². The molecule has 5 heteroatoms. The first-order valence-electron chi connectivity index (χ1n) is 7.80. The van der Waals surface area contributed by atoms with Crippen molar-refractivity contribution in [3.8, 4) is 0 Å². The number of carbonyl (C=O) groups excluding carboxylic acids is 1. The first-order chi connectivity index (χ1) is 11.2. The minimum absolute atomic E-state index is 0.0474. The first kappa shape index (κ1) is 14.0. The summed E-state index contributed by atoms with van der Waals surface area (Å²) in [6, 6.07) is 11.9. The number of hydrogen-bond donors (Lipinski definition) is 3. The summed E-state index contributed by atoms with van der Waals surface area (Å²) >= 11 is 0. The molecule has 0 saturated heterocycles. The van der Waals surface area contributed by atoms with Crippen LogP contribution < -0.4 is 11.1 Å². The second kappa shape index (κ2) is 5.52. The van der Waals surface area contributed by atoms with Gasteiger partial charge in [0.2, 0.25) is 0 Å². The van der Waals surface area contributed by atoms with Crippen LogP contribution in [-0.4, -0.2) is 16.1 Å². The Morgan fingerprint density at radius 3 is 3.09 bits per heavy atom. The fourth-order valence-electron chi connectivity index (χ4n) is 3.27. The summed E-state index contributed by atoms with van der Waals surface area (Å²) in [5.41, 5.74) is 10.9. The third-order valence-electron chi connectivity index (χ3n) is 4.53. The molecule has 1 atom stereocenters. The molecule has 4 rings (SSSR count). The van der Waals surface area contributed by atoms with E-state index in [9.17, 15) is 4.79 Å². The highest BCUT2D eigenvalue weighted by Gasteiger charge is 2.24. The zero-order valence-corrected chi connectivity index (χ0v) is 12.7. The molecule has 1 amide bonds. The predicted molar refractivity (Wildman–Crippen MR) is 89.0 cm³/mol. The van der Waals surface area contributed by atoms with E-state index in [2.05, 4.69) is 27.6 Å². The average Bonchev–Trinajstić information content (AvgIpc) is 3.20. The van der Waals surface area contributed by atoms with Crippen molar-refractivity contribution < 1.29 is 4.79 Å². The second-order valence-corrected chi connectivity index (χ2v) is 5.97. The lowest BCUT2D eigenvalue weighted by atomic mass is 10.0. The molecule has 116 valence electrons. The number of rotatable bonds is 3. The monoisotopic (exact) mass is 306 g/mol. The standard InChI is InChI=1S/C18H18N4O/c19-9-11-1-4-15-12(7-11)2-6-17(15)21-18(23)13-3-5-16-14(8-13)10-20-22-16/h1,3-5,7-8,10,17H,2,6,9,19H2,(H,20,22)(H,21,23). The maximum atomic E-state index is 12.5. The lowest BCUT2D eigenvalue weighted by molar-refractivity contribution is 0.0937. The van der Waals surface area contributed by atoms with Crippen molar-refractivity contribution in [2.24, 2.45) is 5.73 Å². The largest absolute Gasteiger partial charge is 0.345 e. The van der Waals surface area contributed by atoms with Gasteiger partial charge in [0.25, 0.3) is 5.91 Å². The van der Waals surface area contributed by atoms with E-state index in [0.29, 0.717) is 12.1 Å². The summed E-state index contributed by atoms with van der Waals surface area (Å²) in [5.74, 6) is -0.0474. The van der Waals surface area contributed by atoms with Gasteiger partial charge in [0.15, 0.2) is 0 Å². The second-order valence-electron chi connectivity index (χ2n) is 5.97. The molecule has 2 aromatic carbocycles. The van der Waals surface area contributed by atoms with Crippen molar-refractivity contribution in [2.45, 2.75) is 25.4 Å². The van der Waals surface area contributed by atoms with Gasteiger partial charge in [-0.15, -0.1) is 0 Å². The van der Waals surface area contributed by atoms with Crippen LogP contribution in [0.1, 0.15) is 39.5 Å². The van der Waals surface area contributed by atoms with Crippen molar-refractivity contribution in [3.63, 3.8) is 0 Å². The van der Waals surface area contributed by atoms with Crippen molar-refractivity contribution >= 4 is 16.8 Å². The molecule has 0 saturated carbocycles. The average molecular weight is 306 g/mol. The highest BCUT2D eigenvalue weighted by molar-refractivity contribution is 5.98. The fraction of sp³-hybridized carbons (Fsp3) is 0.222. The van der Waals surface area contributed by atoms with E-state index in [1.54, 1.807) is 6.20 Å². The Morgan fingerprint density at radius 2 is 2.22 bits per heavy atom. The van der Waals surface area contributed by atoms with Crippen molar-refractivity contribution in [1.82, 2.24) is 15.5 Å². The number of fused-ring (bicyclic) bond motifs is 2. The Labute approximate surface area is 133 Å². The smallest absolute Gasteiger partial charge is 0.251 e. The lowest BCUT2D eigenvalue weighted by Gasteiger charge is -2.14. The summed E-state index contributed by atoms with van der Waals surface area (Å²) < 4.78 is 0. The third kappa shape index (κ3) is 2.49. The SMILES string of the molecule is NCc1ccc2c(c1)CCC2NC(=O)c1ccc2[nH]ncc2c1. The number of amides is 1. The summed E-state index contributed by atoms with van der Waals surface area (Å²) in [4.78, 5) is 12.5. The van der Waals surface area contributed by atoms with E-state index in [-0.39, 0.29) is 11.9 Å². The van der Waals surface area contributed by atoms with Crippen molar-refractivity contribution in [1.29, 1.82) is 0 Å². The topological polar surface area (TPSA) is 83.8 Å². The summed E-state index contributed by atoms with van der Waals surface area (Å²) in [5, 5.41) is 11.0. The van der Waals surface area contributed by atoms with Gasteiger partial charge in [-0.1, -0.05) is 18.2 Å². The van der Waals surface area contributed by atoms with Gasteiger partial charge in [-0.05, 0) is 47.7 Å². The predicted octanol–water partition coefficient (Wildman–Crippen LogP) is 2.44. The zero-order chi connectivity index (χ0) is 15.8. The maximum Gasteiger partial charge on any atom is 0.251 e. The minimum atomic E-state index is -0.0474. The van der Waals surface area contributed by atoms with E-state index in [4.69, 9.17) is 5.73 Å². The minimum Gasteiger partial charge on any atom is -0.345 e. The molecular formula is C18H18N4O. The molecule has 1 heterocycles. The Balaban J connectivity index is 1.56. The van der Waals surface area contributed by atoms with Gasteiger partial charge in [0.1, 0.15) is 0 Å². The van der Waals surface area contributed by atoms with Crippen molar-refractivity contribution in [2.75, 3.05) is 0 Å². The van der Waals surface area contributed by atoms with Gasteiger partial charge >= 0.3 is 0 Å². The summed E-state index contributed by atoms with van der Waals surface area (Å²) in [6.07, 6.45) is 3.64. The first-order valence-corrected chi connectivity index (χ1v) is 7.80. The molecule has 23 heavy (non-hydrogen) atoms. The number of nitrogens with one attached hydrogen (secondary N) is 2. The van der Waals surface area contributed by atoms with E-state index in [1.165, 1.54) is 11.1 Å². The molecule has 1 aliphatic carbocycles. The van der Waals surface area contributed by atoms with Gasteiger partial charge in [0.05, 0.1) is 17.8 Å². The molecule has 0 aliphatic heterocycles. The number of aromatic nitrogens is 2. The van der Waals surface area contributed by atoms with Gasteiger partial charge in [-0.2, -0.15) is 5.10 Å². The Kier molecular flexibility index (Phi) is 3.35. The van der Waals surface area contributed by atoms with Crippen LogP contribution in [0.15, 0.2) is 42.6 Å². The molecule has 4 N–H and O–H groups in total. The Hall–Kier alpha value is -2.66. The molecule has 0 bridgehead atoms.